The van der Waals surface area contributed by atoms with E-state index in [1.807, 2.05) is 19.2 Å². The van der Waals surface area contributed by atoms with E-state index in [-0.39, 0.29) is 5.54 Å². The molecule has 1 aromatic rings. The van der Waals surface area contributed by atoms with Gasteiger partial charge in [-0.15, -0.1) is 0 Å². The zero-order valence-electron chi connectivity index (χ0n) is 13.3. The molecule has 0 aliphatic carbocycles. The Labute approximate surface area is 128 Å². The van der Waals surface area contributed by atoms with Crippen molar-refractivity contribution in [2.45, 2.75) is 30.2 Å². The summed E-state index contributed by atoms with van der Waals surface area (Å²) in [7, 11) is 1.76. The molecule has 1 N–H and O–H groups in total. The average Bonchev–Trinajstić information content (AvgIpc) is 2.48. The molecular formula is C15H25N3O2S. The van der Waals surface area contributed by atoms with Crippen LogP contribution in [0.3, 0.4) is 0 Å². The highest BCUT2D eigenvalue weighted by Gasteiger charge is 2.28. The SMILES string of the molecule is CNC1(C)CCN(c2ccc(S(=O)(=O)N(C)C)cc2)CC1. The Bertz CT molecular complexity index is 573. The summed E-state index contributed by atoms with van der Waals surface area (Å²) in [4.78, 5) is 2.65. The third kappa shape index (κ3) is 3.39. The van der Waals surface area contributed by atoms with Crippen molar-refractivity contribution in [2.24, 2.45) is 0 Å². The van der Waals surface area contributed by atoms with Gasteiger partial charge in [0.15, 0.2) is 0 Å². The van der Waals surface area contributed by atoms with Crippen molar-refractivity contribution < 1.29 is 8.42 Å². The molecule has 0 atom stereocenters. The quantitative estimate of drug-likeness (QED) is 0.916. The van der Waals surface area contributed by atoms with Crippen LogP contribution in [0.4, 0.5) is 5.69 Å². The number of benzene rings is 1. The van der Waals surface area contributed by atoms with Crippen LogP contribution in [0.5, 0.6) is 0 Å². The van der Waals surface area contributed by atoms with Crippen molar-refractivity contribution in [3.63, 3.8) is 0 Å². The van der Waals surface area contributed by atoms with Crippen LogP contribution in [0.25, 0.3) is 0 Å². The smallest absolute Gasteiger partial charge is 0.242 e. The fraction of sp³-hybridized carbons (Fsp3) is 0.600. The molecule has 0 saturated carbocycles. The second-order valence-electron chi connectivity index (χ2n) is 6.08. The molecule has 1 heterocycles. The molecule has 1 saturated heterocycles. The molecule has 0 spiro atoms. The Kier molecular flexibility index (Phi) is 4.60. The maximum absolute atomic E-state index is 12.0. The Morgan fingerprint density at radius 1 is 1.14 bits per heavy atom. The average molecular weight is 311 g/mol. The van der Waals surface area contributed by atoms with Gasteiger partial charge >= 0.3 is 0 Å². The number of nitrogens with zero attached hydrogens (tertiary/aromatic N) is 2. The molecule has 5 nitrogen and oxygen atoms in total. The lowest BCUT2D eigenvalue weighted by Gasteiger charge is -2.40. The van der Waals surface area contributed by atoms with Crippen LogP contribution in [-0.2, 0) is 10.0 Å². The minimum absolute atomic E-state index is 0.213. The molecular weight excluding hydrogens is 286 g/mol. The first-order valence-corrected chi connectivity index (χ1v) is 8.69. The number of anilines is 1. The van der Waals surface area contributed by atoms with E-state index < -0.39 is 10.0 Å². The molecule has 0 bridgehead atoms. The number of sulfonamides is 1. The second-order valence-corrected chi connectivity index (χ2v) is 8.23. The highest BCUT2D eigenvalue weighted by atomic mass is 32.2. The van der Waals surface area contributed by atoms with E-state index in [1.54, 1.807) is 26.2 Å². The van der Waals surface area contributed by atoms with E-state index in [0.29, 0.717) is 4.90 Å². The summed E-state index contributed by atoms with van der Waals surface area (Å²) in [6.07, 6.45) is 2.17. The summed E-state index contributed by atoms with van der Waals surface area (Å²) >= 11 is 0. The van der Waals surface area contributed by atoms with E-state index in [1.165, 1.54) is 4.31 Å². The van der Waals surface area contributed by atoms with Gasteiger partial charge in [-0.05, 0) is 51.1 Å². The Balaban J connectivity index is 2.11. The van der Waals surface area contributed by atoms with Crippen molar-refractivity contribution in [3.05, 3.63) is 24.3 Å². The first-order valence-electron chi connectivity index (χ1n) is 7.25. The molecule has 2 rings (SSSR count). The first kappa shape index (κ1) is 16.3. The number of nitrogens with one attached hydrogen (secondary N) is 1. The maximum atomic E-state index is 12.0. The molecule has 1 aromatic carbocycles. The Morgan fingerprint density at radius 2 is 1.67 bits per heavy atom. The fourth-order valence-electron chi connectivity index (χ4n) is 2.55. The molecule has 21 heavy (non-hydrogen) atoms. The monoisotopic (exact) mass is 311 g/mol. The predicted octanol–water partition coefficient (Wildman–Crippen LogP) is 1.52. The van der Waals surface area contributed by atoms with Crippen LogP contribution in [0.1, 0.15) is 19.8 Å². The van der Waals surface area contributed by atoms with E-state index in [0.717, 1.165) is 31.6 Å². The molecule has 1 aliphatic rings. The third-order valence-electron chi connectivity index (χ3n) is 4.45. The van der Waals surface area contributed by atoms with Crippen LogP contribution in [0, 0.1) is 0 Å². The van der Waals surface area contributed by atoms with Crippen molar-refractivity contribution >= 4 is 15.7 Å². The van der Waals surface area contributed by atoms with E-state index in [9.17, 15) is 8.42 Å². The van der Waals surface area contributed by atoms with E-state index >= 15 is 0 Å². The van der Waals surface area contributed by atoms with Crippen LogP contribution in [0.15, 0.2) is 29.2 Å². The first-order chi connectivity index (χ1) is 9.78. The normalized spacial score (nSPS) is 19.0. The van der Waals surface area contributed by atoms with Gasteiger partial charge in [0.05, 0.1) is 4.90 Å². The van der Waals surface area contributed by atoms with E-state index in [4.69, 9.17) is 0 Å². The molecule has 1 fully saturated rings. The molecule has 0 amide bonds. The summed E-state index contributed by atoms with van der Waals surface area (Å²) in [6, 6.07) is 7.18. The van der Waals surface area contributed by atoms with Crippen LogP contribution >= 0.6 is 0 Å². The Morgan fingerprint density at radius 3 is 2.10 bits per heavy atom. The molecule has 0 aromatic heterocycles. The Hall–Kier alpha value is -1.11. The van der Waals surface area contributed by atoms with Crippen molar-refractivity contribution in [2.75, 3.05) is 39.1 Å². The zero-order chi connectivity index (χ0) is 15.7. The van der Waals surface area contributed by atoms with Crippen molar-refractivity contribution in [1.29, 1.82) is 0 Å². The standard InChI is InChI=1S/C15H25N3O2S/c1-15(16-2)9-11-18(12-10-15)13-5-7-14(8-6-13)21(19,20)17(3)4/h5-8,16H,9-12H2,1-4H3. The third-order valence-corrected chi connectivity index (χ3v) is 6.28. The van der Waals surface area contributed by atoms with Gasteiger partial charge in [-0.1, -0.05) is 0 Å². The van der Waals surface area contributed by atoms with Crippen molar-refractivity contribution in [3.8, 4) is 0 Å². The second kappa shape index (κ2) is 5.94. The van der Waals surface area contributed by atoms with Gasteiger partial charge in [-0.3, -0.25) is 0 Å². The maximum Gasteiger partial charge on any atom is 0.242 e. The number of rotatable bonds is 4. The van der Waals surface area contributed by atoms with Crippen molar-refractivity contribution in [1.82, 2.24) is 9.62 Å². The molecule has 0 unspecified atom stereocenters. The summed E-state index contributed by atoms with van der Waals surface area (Å²) < 4.78 is 25.3. The van der Waals surface area contributed by atoms with Crippen LogP contribution < -0.4 is 10.2 Å². The van der Waals surface area contributed by atoms with Gasteiger partial charge in [0.1, 0.15) is 0 Å². The number of hydrogen-bond acceptors (Lipinski definition) is 4. The molecule has 118 valence electrons. The van der Waals surface area contributed by atoms with E-state index in [2.05, 4.69) is 17.1 Å². The minimum Gasteiger partial charge on any atom is -0.371 e. The molecule has 0 radical (unpaired) electrons. The molecule has 6 heteroatoms. The zero-order valence-corrected chi connectivity index (χ0v) is 14.1. The number of piperidine rings is 1. The van der Waals surface area contributed by atoms with Crippen LogP contribution in [-0.4, -0.2) is 52.5 Å². The van der Waals surface area contributed by atoms with Gasteiger partial charge in [0.25, 0.3) is 0 Å². The molecule has 1 aliphatic heterocycles. The highest BCUT2D eigenvalue weighted by molar-refractivity contribution is 7.89. The predicted molar refractivity (Wildman–Crippen MR) is 86.2 cm³/mol. The lowest BCUT2D eigenvalue weighted by atomic mass is 9.90. The van der Waals surface area contributed by atoms with Gasteiger partial charge in [-0.25, -0.2) is 12.7 Å². The topological polar surface area (TPSA) is 52.7 Å². The lowest BCUT2D eigenvalue weighted by Crippen LogP contribution is -2.50. The largest absolute Gasteiger partial charge is 0.371 e. The summed E-state index contributed by atoms with van der Waals surface area (Å²) in [6.45, 7) is 4.21. The van der Waals surface area contributed by atoms with Gasteiger partial charge in [-0.2, -0.15) is 0 Å². The van der Waals surface area contributed by atoms with Gasteiger partial charge < -0.3 is 10.2 Å². The van der Waals surface area contributed by atoms with Crippen LogP contribution in [0.2, 0.25) is 0 Å². The van der Waals surface area contributed by atoms with Gasteiger partial charge in [0, 0.05) is 38.4 Å². The summed E-state index contributed by atoms with van der Waals surface area (Å²) in [5.41, 5.74) is 1.30. The summed E-state index contributed by atoms with van der Waals surface area (Å²) in [5.74, 6) is 0. The summed E-state index contributed by atoms with van der Waals surface area (Å²) in [5, 5.41) is 3.38. The minimum atomic E-state index is -3.34. The highest BCUT2D eigenvalue weighted by Crippen LogP contribution is 2.26. The lowest BCUT2D eigenvalue weighted by molar-refractivity contribution is 0.305. The fourth-order valence-corrected chi connectivity index (χ4v) is 3.45. The van der Waals surface area contributed by atoms with Gasteiger partial charge in [0.2, 0.25) is 10.0 Å². The number of hydrogen-bond donors (Lipinski definition) is 1.